The van der Waals surface area contributed by atoms with E-state index in [-0.39, 0.29) is 4.90 Å². The third-order valence-electron chi connectivity index (χ3n) is 8.14. The molecule has 0 radical (unpaired) electrons. The van der Waals surface area contributed by atoms with Crippen LogP contribution in [-0.2, 0) is 16.6 Å². The minimum absolute atomic E-state index is 0.165. The Kier molecular flexibility index (Phi) is 9.89. The highest BCUT2D eigenvalue weighted by Crippen LogP contribution is 2.30. The van der Waals surface area contributed by atoms with E-state index >= 15 is 0 Å². The molecule has 238 valence electrons. The maximum absolute atomic E-state index is 11.5. The summed E-state index contributed by atoms with van der Waals surface area (Å²) in [4.78, 5) is 16.3. The summed E-state index contributed by atoms with van der Waals surface area (Å²) in [7, 11) is 0.140. The molecule has 45 heavy (non-hydrogen) atoms. The Balaban J connectivity index is 0.000000201. The molecule has 10 nitrogen and oxygen atoms in total. The Bertz CT molecular complexity index is 1860. The number of hydrogen-bond acceptors (Lipinski definition) is 8. The molecule has 2 heterocycles. The first-order valence-electron chi connectivity index (χ1n) is 15.5. The number of sulfonamides is 1. The predicted molar refractivity (Wildman–Crippen MR) is 184 cm³/mol. The van der Waals surface area contributed by atoms with Crippen LogP contribution in [0.5, 0.6) is 0 Å². The summed E-state index contributed by atoms with van der Waals surface area (Å²) < 4.78 is 25.1. The van der Waals surface area contributed by atoms with Gasteiger partial charge < -0.3 is 20.1 Å². The molecule has 2 aromatic heterocycles. The molecule has 11 heteroatoms. The predicted octanol–water partition coefficient (Wildman–Crippen LogP) is 6.63. The van der Waals surface area contributed by atoms with Gasteiger partial charge in [0.2, 0.25) is 16.0 Å². The highest BCUT2D eigenvalue weighted by molar-refractivity contribution is 7.89. The highest BCUT2D eigenvalue weighted by Gasteiger charge is 2.19. The number of nitrogens with two attached hydrogens (primary N) is 1. The molecule has 6 rings (SSSR count). The Morgan fingerprint density at radius 1 is 0.956 bits per heavy atom. The molecule has 4 N–H and O–H groups in total. The van der Waals surface area contributed by atoms with E-state index < -0.39 is 10.0 Å². The van der Waals surface area contributed by atoms with Gasteiger partial charge in [0.25, 0.3) is 0 Å². The fourth-order valence-corrected chi connectivity index (χ4v) is 6.46. The van der Waals surface area contributed by atoms with Crippen LogP contribution in [0.4, 0.5) is 17.5 Å². The number of nitrogens with one attached hydrogen (secondary N) is 2. The van der Waals surface area contributed by atoms with Gasteiger partial charge in [0.05, 0.1) is 11.2 Å². The lowest BCUT2D eigenvalue weighted by molar-refractivity contribution is 0.461. The molecule has 0 amide bonds. The maximum atomic E-state index is 11.5. The van der Waals surface area contributed by atoms with E-state index in [0.29, 0.717) is 30.0 Å². The first-order valence-corrected chi connectivity index (χ1v) is 17.1. The SMILES string of the molecule is CN(C)c1cccc2c(S(N)(=O)=O)cccc12.Cc1ccc(CNc2nc(NC3CCCCC3)nc3c2ncn3C(C)C)cc1. The van der Waals surface area contributed by atoms with Crippen LogP contribution in [-0.4, -0.2) is 48.1 Å². The quantitative estimate of drug-likeness (QED) is 0.175. The number of nitrogens with zero attached hydrogens (tertiary/aromatic N) is 5. The van der Waals surface area contributed by atoms with Gasteiger partial charge in [-0.3, -0.25) is 0 Å². The van der Waals surface area contributed by atoms with Crippen LogP contribution < -0.4 is 20.7 Å². The molecule has 0 bridgehead atoms. The number of primary sulfonamides is 1. The summed E-state index contributed by atoms with van der Waals surface area (Å²) in [5, 5.41) is 13.8. The van der Waals surface area contributed by atoms with E-state index in [2.05, 4.69) is 65.2 Å². The average Bonchev–Trinajstić information content (AvgIpc) is 3.45. The number of aromatic nitrogens is 4. The van der Waals surface area contributed by atoms with Crippen molar-refractivity contribution in [3.8, 4) is 0 Å². The van der Waals surface area contributed by atoms with Gasteiger partial charge in [-0.1, -0.05) is 73.4 Å². The largest absolute Gasteiger partial charge is 0.377 e. The molecular formula is C34H44N8O2S. The van der Waals surface area contributed by atoms with Crippen molar-refractivity contribution >= 4 is 49.4 Å². The highest BCUT2D eigenvalue weighted by atomic mass is 32.2. The fraction of sp³-hybridized carbons (Fsp3) is 0.382. The van der Waals surface area contributed by atoms with Gasteiger partial charge in [0.1, 0.15) is 0 Å². The van der Waals surface area contributed by atoms with Crippen LogP contribution in [0.1, 0.15) is 63.1 Å². The average molecular weight is 629 g/mol. The van der Waals surface area contributed by atoms with Gasteiger partial charge in [0, 0.05) is 49.2 Å². The Hall–Kier alpha value is -4.22. The van der Waals surface area contributed by atoms with Crippen molar-refractivity contribution in [3.05, 3.63) is 78.1 Å². The van der Waals surface area contributed by atoms with E-state index in [0.717, 1.165) is 28.1 Å². The second-order valence-electron chi connectivity index (χ2n) is 12.2. The monoisotopic (exact) mass is 628 g/mol. The fourth-order valence-electron chi connectivity index (χ4n) is 5.71. The van der Waals surface area contributed by atoms with Crippen molar-refractivity contribution in [2.24, 2.45) is 5.14 Å². The lowest BCUT2D eigenvalue weighted by atomic mass is 9.96. The number of anilines is 3. The van der Waals surface area contributed by atoms with Crippen LogP contribution in [0.3, 0.4) is 0 Å². The van der Waals surface area contributed by atoms with Crippen molar-refractivity contribution in [1.82, 2.24) is 19.5 Å². The maximum Gasteiger partial charge on any atom is 0.238 e. The minimum Gasteiger partial charge on any atom is -0.377 e. The second-order valence-corrected chi connectivity index (χ2v) is 13.7. The van der Waals surface area contributed by atoms with Crippen LogP contribution in [0.15, 0.2) is 71.9 Å². The van der Waals surface area contributed by atoms with Gasteiger partial charge in [0.15, 0.2) is 17.0 Å². The number of aryl methyl sites for hydroxylation is 1. The molecule has 3 aromatic carbocycles. The van der Waals surface area contributed by atoms with E-state index in [1.54, 1.807) is 12.1 Å². The number of hydrogen-bond donors (Lipinski definition) is 3. The molecule has 1 aliphatic rings. The summed E-state index contributed by atoms with van der Waals surface area (Å²) in [5.41, 5.74) is 5.17. The van der Waals surface area contributed by atoms with Crippen LogP contribution in [0, 0.1) is 6.92 Å². The van der Waals surface area contributed by atoms with Crippen molar-refractivity contribution in [2.75, 3.05) is 29.6 Å². The van der Waals surface area contributed by atoms with Gasteiger partial charge in [-0.15, -0.1) is 0 Å². The molecule has 0 aliphatic heterocycles. The zero-order valence-corrected chi connectivity index (χ0v) is 27.6. The van der Waals surface area contributed by atoms with E-state index in [1.807, 2.05) is 43.5 Å². The number of fused-ring (bicyclic) bond motifs is 2. The topological polar surface area (TPSA) is 131 Å². The first-order chi connectivity index (χ1) is 21.5. The number of rotatable bonds is 8. The van der Waals surface area contributed by atoms with Gasteiger partial charge in [-0.25, -0.2) is 18.5 Å². The van der Waals surface area contributed by atoms with Gasteiger partial charge in [-0.2, -0.15) is 9.97 Å². The van der Waals surface area contributed by atoms with E-state index in [4.69, 9.17) is 15.1 Å². The smallest absolute Gasteiger partial charge is 0.238 e. The first kappa shape index (κ1) is 32.2. The van der Waals surface area contributed by atoms with E-state index in [9.17, 15) is 8.42 Å². The normalized spacial score (nSPS) is 13.9. The Labute approximate surface area is 266 Å². The lowest BCUT2D eigenvalue weighted by Gasteiger charge is -2.23. The molecule has 0 atom stereocenters. The van der Waals surface area contributed by atoms with Crippen molar-refractivity contribution in [2.45, 2.75) is 76.4 Å². The Morgan fingerprint density at radius 3 is 2.31 bits per heavy atom. The standard InChI is InChI=1S/C22H30N6.C12H14N2O2S/c1-15(2)28-14-24-19-20(23-13-17-11-9-16(3)10-12-17)26-22(27-21(19)28)25-18-7-5-4-6-8-18;1-14(2)11-7-3-6-10-9(11)5-4-8-12(10)17(13,15)16/h9-12,14-15,18H,4-8,13H2,1-3H3,(H2,23,25,26,27);3-8H,1-2H3,(H2,13,15,16). The van der Waals surface area contributed by atoms with Crippen molar-refractivity contribution in [1.29, 1.82) is 0 Å². The second kappa shape index (κ2) is 13.8. The van der Waals surface area contributed by atoms with Crippen LogP contribution >= 0.6 is 0 Å². The third-order valence-corrected chi connectivity index (χ3v) is 9.11. The molecule has 1 aliphatic carbocycles. The molecular weight excluding hydrogens is 584 g/mol. The van der Waals surface area contributed by atoms with Gasteiger partial charge >= 0.3 is 0 Å². The van der Waals surface area contributed by atoms with Crippen molar-refractivity contribution in [3.63, 3.8) is 0 Å². The van der Waals surface area contributed by atoms with Crippen LogP contribution in [0.2, 0.25) is 0 Å². The molecule has 1 fully saturated rings. The molecule has 5 aromatic rings. The lowest BCUT2D eigenvalue weighted by Crippen LogP contribution is -2.24. The Morgan fingerprint density at radius 2 is 1.64 bits per heavy atom. The minimum atomic E-state index is -3.69. The molecule has 1 saturated carbocycles. The summed E-state index contributed by atoms with van der Waals surface area (Å²) in [6, 6.07) is 20.0. The zero-order valence-electron chi connectivity index (χ0n) is 26.8. The number of benzene rings is 3. The summed E-state index contributed by atoms with van der Waals surface area (Å²) >= 11 is 0. The van der Waals surface area contributed by atoms with Gasteiger partial charge in [-0.05, 0) is 51.3 Å². The van der Waals surface area contributed by atoms with E-state index in [1.165, 1.54) is 49.3 Å². The third kappa shape index (κ3) is 7.72. The summed E-state index contributed by atoms with van der Waals surface area (Å²) in [5.74, 6) is 1.50. The van der Waals surface area contributed by atoms with Crippen LogP contribution in [0.25, 0.3) is 21.9 Å². The molecule has 0 spiro atoms. The summed E-state index contributed by atoms with van der Waals surface area (Å²) in [6.45, 7) is 7.12. The van der Waals surface area contributed by atoms with Crippen molar-refractivity contribution < 1.29 is 8.42 Å². The zero-order chi connectivity index (χ0) is 32.1. The molecule has 0 unspecified atom stereocenters. The number of imidazole rings is 1. The summed E-state index contributed by atoms with van der Waals surface area (Å²) in [6.07, 6.45) is 8.14. The molecule has 0 saturated heterocycles.